The Hall–Kier alpha value is -2.83. The minimum Gasteiger partial charge on any atom is -0.468 e. The van der Waals surface area contributed by atoms with Crippen LogP contribution in [0.5, 0.6) is 0 Å². The van der Waals surface area contributed by atoms with E-state index >= 15 is 0 Å². The van der Waals surface area contributed by atoms with Crippen LogP contribution in [0.2, 0.25) is 0 Å². The summed E-state index contributed by atoms with van der Waals surface area (Å²) in [4.78, 5) is 28.7. The molecule has 2 N–H and O–H groups in total. The molecule has 0 spiro atoms. The van der Waals surface area contributed by atoms with Crippen LogP contribution in [0.1, 0.15) is 23.1 Å². The summed E-state index contributed by atoms with van der Waals surface area (Å²) in [6.07, 6.45) is 0. The Morgan fingerprint density at radius 2 is 2.03 bits per heavy atom. The molecule has 2 aromatic heterocycles. The van der Waals surface area contributed by atoms with Crippen LogP contribution in [0.15, 0.2) is 34.2 Å². The molecule has 0 unspecified atom stereocenters. The Kier molecular flexibility index (Phi) is 5.68. The Labute approximate surface area is 170 Å². The van der Waals surface area contributed by atoms with Crippen LogP contribution >= 0.6 is 11.3 Å². The molecule has 0 atom stereocenters. The number of carbonyl (C=O) groups is 2. The smallest absolute Gasteiger partial charge is 0.325 e. The van der Waals surface area contributed by atoms with Crippen molar-refractivity contribution in [1.82, 2.24) is 14.3 Å². The van der Waals surface area contributed by atoms with Gasteiger partial charge in [-0.25, -0.2) is 13.6 Å². The lowest BCUT2D eigenvalue weighted by molar-refractivity contribution is -0.141. The number of methoxy groups -OCH3 is 1. The summed E-state index contributed by atoms with van der Waals surface area (Å²) in [7, 11) is -2.65. The zero-order chi connectivity index (χ0) is 21.3. The normalized spacial score (nSPS) is 12.5. The number of nitrogens with two attached hydrogens (primary N) is 1. The second-order valence-electron chi connectivity index (χ2n) is 6.13. The molecule has 3 aromatic rings. The van der Waals surface area contributed by atoms with Crippen LogP contribution in [0.25, 0.3) is 10.2 Å². The zero-order valence-electron chi connectivity index (χ0n) is 15.9. The van der Waals surface area contributed by atoms with E-state index in [0.717, 1.165) is 17.0 Å². The van der Waals surface area contributed by atoms with Crippen molar-refractivity contribution in [1.29, 1.82) is 0 Å². The highest BCUT2D eigenvalue weighted by atomic mass is 32.2. The molecular formula is C17H19N5O5S2. The third kappa shape index (κ3) is 4.28. The molecule has 0 radical (unpaired) electrons. The average molecular weight is 438 g/mol. The van der Waals surface area contributed by atoms with Crippen molar-refractivity contribution in [2.24, 2.45) is 10.1 Å². The molecule has 0 bridgehead atoms. The van der Waals surface area contributed by atoms with Gasteiger partial charge in [0.1, 0.15) is 6.54 Å². The predicted octanol–water partition coefficient (Wildman–Crippen LogP) is 0.789. The first kappa shape index (κ1) is 20.9. The second kappa shape index (κ2) is 7.89. The van der Waals surface area contributed by atoms with Crippen LogP contribution in [-0.2, 0) is 32.6 Å². The highest BCUT2D eigenvalue weighted by Gasteiger charge is 2.17. The first-order valence-electron chi connectivity index (χ1n) is 8.50. The molecule has 0 saturated heterocycles. The summed E-state index contributed by atoms with van der Waals surface area (Å²) in [5.41, 5.74) is 1.52. The van der Waals surface area contributed by atoms with Gasteiger partial charge < -0.3 is 9.30 Å². The summed E-state index contributed by atoms with van der Waals surface area (Å²) in [5, 5.41) is 9.40. The number of aryl methyl sites for hydroxylation is 2. The maximum Gasteiger partial charge on any atom is 0.325 e. The highest BCUT2D eigenvalue weighted by Crippen LogP contribution is 2.21. The molecule has 10 nitrogen and oxygen atoms in total. The van der Waals surface area contributed by atoms with Crippen LogP contribution in [-0.4, -0.2) is 41.8 Å². The molecule has 12 heteroatoms. The number of ether oxygens (including phenoxy) is 1. The third-order valence-electron chi connectivity index (χ3n) is 4.19. The number of rotatable bonds is 5. The molecule has 29 heavy (non-hydrogen) atoms. The first-order valence-corrected chi connectivity index (χ1v) is 10.9. The minimum atomic E-state index is -3.90. The molecule has 0 aliphatic carbocycles. The first-order chi connectivity index (χ1) is 13.6. The summed E-state index contributed by atoms with van der Waals surface area (Å²) < 4.78 is 31.6. The maximum absolute atomic E-state index is 12.6. The molecule has 0 saturated carbocycles. The maximum atomic E-state index is 12.6. The number of amides is 1. The van der Waals surface area contributed by atoms with Crippen LogP contribution in [0.4, 0.5) is 0 Å². The van der Waals surface area contributed by atoms with Gasteiger partial charge in [-0.2, -0.15) is 10.1 Å². The van der Waals surface area contributed by atoms with Crippen LogP contribution < -0.4 is 9.94 Å². The summed E-state index contributed by atoms with van der Waals surface area (Å²) >= 11 is 1.06. The van der Waals surface area contributed by atoms with Gasteiger partial charge in [-0.05, 0) is 38.1 Å². The van der Waals surface area contributed by atoms with Gasteiger partial charge in [0.25, 0.3) is 5.91 Å². The lowest BCUT2D eigenvalue weighted by Crippen LogP contribution is -2.22. The molecule has 0 fully saturated rings. The van der Waals surface area contributed by atoms with E-state index in [1.807, 2.05) is 13.8 Å². The topological polar surface area (TPSA) is 139 Å². The molecule has 3 rings (SSSR count). The number of hydrogen-bond acceptors (Lipinski definition) is 7. The summed E-state index contributed by atoms with van der Waals surface area (Å²) in [6, 6.07) is 5.85. The van der Waals surface area contributed by atoms with E-state index < -0.39 is 21.9 Å². The number of carbonyl (C=O) groups excluding carboxylic acids is 2. The number of hydrogen-bond donors (Lipinski definition) is 1. The van der Waals surface area contributed by atoms with Crippen molar-refractivity contribution in [3.05, 3.63) is 40.5 Å². The SMILES string of the molecule is CCn1nc(C(=O)N=c2sc3cc(S(N)(=O)=O)ccc3n2CC(=O)OC)cc1C. The number of aromatic nitrogens is 3. The molecule has 2 heterocycles. The Morgan fingerprint density at radius 3 is 2.62 bits per heavy atom. The Bertz CT molecular complexity index is 1280. The molecule has 1 amide bonds. The predicted molar refractivity (Wildman–Crippen MR) is 106 cm³/mol. The lowest BCUT2D eigenvalue weighted by Gasteiger charge is -2.04. The second-order valence-corrected chi connectivity index (χ2v) is 8.70. The highest BCUT2D eigenvalue weighted by molar-refractivity contribution is 7.89. The number of esters is 1. The van der Waals surface area contributed by atoms with Gasteiger partial charge in [0.2, 0.25) is 10.0 Å². The van der Waals surface area contributed by atoms with Gasteiger partial charge >= 0.3 is 5.97 Å². The number of fused-ring (bicyclic) bond motifs is 1. The van der Waals surface area contributed by atoms with Gasteiger partial charge in [-0.3, -0.25) is 14.3 Å². The number of nitrogens with zero attached hydrogens (tertiary/aromatic N) is 4. The molecule has 154 valence electrons. The Balaban J connectivity index is 2.18. The molecular weight excluding hydrogens is 418 g/mol. The monoisotopic (exact) mass is 437 g/mol. The van der Waals surface area contributed by atoms with Crippen molar-refractivity contribution < 1.29 is 22.7 Å². The van der Waals surface area contributed by atoms with E-state index in [2.05, 4.69) is 10.1 Å². The number of primary sulfonamides is 1. The van der Waals surface area contributed by atoms with E-state index in [9.17, 15) is 18.0 Å². The van der Waals surface area contributed by atoms with E-state index in [1.54, 1.807) is 10.7 Å². The van der Waals surface area contributed by atoms with Crippen LogP contribution in [0, 0.1) is 6.92 Å². The van der Waals surface area contributed by atoms with Gasteiger partial charge in [-0.1, -0.05) is 11.3 Å². The van der Waals surface area contributed by atoms with E-state index in [0.29, 0.717) is 16.8 Å². The summed E-state index contributed by atoms with van der Waals surface area (Å²) in [6.45, 7) is 4.16. The average Bonchev–Trinajstić information content (AvgIpc) is 3.20. The zero-order valence-corrected chi connectivity index (χ0v) is 17.6. The van der Waals surface area contributed by atoms with Gasteiger partial charge in [0.05, 0.1) is 22.2 Å². The fourth-order valence-corrected chi connectivity index (χ4v) is 4.42. The Morgan fingerprint density at radius 1 is 1.31 bits per heavy atom. The molecule has 0 aliphatic rings. The minimum absolute atomic E-state index is 0.0772. The van der Waals surface area contributed by atoms with Crippen molar-refractivity contribution in [2.45, 2.75) is 31.8 Å². The molecule has 0 aliphatic heterocycles. The fraction of sp³-hybridized carbons (Fsp3) is 0.294. The van der Waals surface area contributed by atoms with E-state index in [-0.39, 0.29) is 21.9 Å². The van der Waals surface area contributed by atoms with E-state index in [1.165, 1.54) is 29.9 Å². The fourth-order valence-electron chi connectivity index (χ4n) is 2.74. The van der Waals surface area contributed by atoms with Crippen molar-refractivity contribution >= 4 is 43.5 Å². The number of sulfonamides is 1. The van der Waals surface area contributed by atoms with Crippen LogP contribution in [0.3, 0.4) is 0 Å². The van der Waals surface area contributed by atoms with E-state index in [4.69, 9.17) is 9.88 Å². The lowest BCUT2D eigenvalue weighted by atomic mass is 10.3. The number of benzene rings is 1. The summed E-state index contributed by atoms with van der Waals surface area (Å²) in [5.74, 6) is -1.11. The quantitative estimate of drug-likeness (QED) is 0.586. The largest absolute Gasteiger partial charge is 0.468 e. The molecule has 1 aromatic carbocycles. The van der Waals surface area contributed by atoms with Crippen molar-refractivity contribution in [3.63, 3.8) is 0 Å². The number of thiazole rings is 1. The standard InChI is InChI=1S/C17H19N5O5S2/c1-4-22-10(2)7-12(20-22)16(24)19-17-21(9-15(23)27-3)13-6-5-11(29(18,25)26)8-14(13)28-17/h5-8H,4,9H2,1-3H3,(H2,18,25,26). The van der Waals surface area contributed by atoms with Gasteiger partial charge in [-0.15, -0.1) is 0 Å². The van der Waals surface area contributed by atoms with Gasteiger partial charge in [0, 0.05) is 12.2 Å². The third-order valence-corrected chi connectivity index (χ3v) is 6.15. The van der Waals surface area contributed by atoms with Gasteiger partial charge in [0.15, 0.2) is 10.5 Å². The van der Waals surface area contributed by atoms with Crippen molar-refractivity contribution in [2.75, 3.05) is 7.11 Å². The van der Waals surface area contributed by atoms with Crippen molar-refractivity contribution in [3.8, 4) is 0 Å².